The first-order chi connectivity index (χ1) is 1.73. The van der Waals surface area contributed by atoms with Crippen LogP contribution in [0.2, 0.25) is 0 Å². The second-order valence-corrected chi connectivity index (χ2v) is 6.08. The summed E-state index contributed by atoms with van der Waals surface area (Å²) in [7, 11) is 0. The van der Waals surface area contributed by atoms with Crippen LogP contribution in [0.5, 0.6) is 0 Å². The maximum atomic E-state index is 3.65. The van der Waals surface area contributed by atoms with E-state index in [2.05, 4.69) is 13.5 Å². The van der Waals surface area contributed by atoms with Crippen LogP contribution in [0.15, 0.2) is 10.2 Å². The second-order valence-electron chi connectivity index (χ2n) is 1.21. The monoisotopic (exact) mass is 164 g/mol. The Hall–Kier alpha value is 0.539. The normalized spacial score (nSPS) is 7.25. The van der Waals surface area contributed by atoms with Gasteiger partial charge in [0.2, 0.25) is 0 Å². The van der Waals surface area contributed by atoms with Gasteiger partial charge in [-0.25, -0.2) is 0 Å². The van der Waals surface area contributed by atoms with Crippen LogP contribution < -0.4 is 0 Å². The van der Waals surface area contributed by atoms with Crippen LogP contribution in [0.1, 0.15) is 6.92 Å². The zero-order valence-electron chi connectivity index (χ0n) is 3.21. The first-order valence-corrected chi connectivity index (χ1v) is 4.21. The molecule has 0 rings (SSSR count). The predicted octanol–water partition coefficient (Wildman–Crippen LogP) is -0.115. The third-order valence-electron chi connectivity index (χ3n) is 0. The van der Waals surface area contributed by atoms with Crippen molar-refractivity contribution >= 4 is 22.5 Å². The topological polar surface area (TPSA) is 0 Å². The van der Waals surface area contributed by atoms with Gasteiger partial charge in [0.1, 0.15) is 0 Å². The van der Waals surface area contributed by atoms with Crippen LogP contribution >= 0.6 is 0 Å². The molecule has 0 atom stereocenters. The molecule has 0 aliphatic carbocycles. The molecule has 1 heteroatoms. The van der Waals surface area contributed by atoms with Crippen molar-refractivity contribution in [2.24, 2.45) is 0 Å². The van der Waals surface area contributed by atoms with Crippen LogP contribution in [0.4, 0.5) is 0 Å². The quantitative estimate of drug-likeness (QED) is 0.436. The van der Waals surface area contributed by atoms with Gasteiger partial charge in [-0.1, -0.05) is 0 Å². The Kier molecular flexibility index (Phi) is 2.07. The van der Waals surface area contributed by atoms with E-state index in [1.54, 1.807) is 0 Å². The van der Waals surface area contributed by atoms with Crippen LogP contribution in [0, 0.1) is 0 Å². The predicted molar refractivity (Wildman–Crippen MR) is 24.8 cm³/mol. The molecule has 0 N–H and O–H groups in total. The average molecular weight is 163 g/mol. The summed E-state index contributed by atoms with van der Waals surface area (Å²) in [5.74, 6) is 0. The number of hydrogen-bond acceptors (Lipinski definition) is 0. The van der Waals surface area contributed by atoms with Crippen LogP contribution in [0.25, 0.3) is 0 Å². The Bertz CT molecular complexity index is 26.3. The Morgan fingerprint density at radius 1 is 2.00 bits per heavy atom. The van der Waals surface area contributed by atoms with Gasteiger partial charge in [-0.05, 0) is 0 Å². The third kappa shape index (κ3) is 20.7. The van der Waals surface area contributed by atoms with Crippen molar-refractivity contribution in [3.8, 4) is 0 Å². The molecule has 0 saturated carbocycles. The van der Waals surface area contributed by atoms with Crippen LogP contribution in [-0.2, 0) is 0 Å². The second kappa shape index (κ2) is 1.82. The summed E-state index contributed by atoms with van der Waals surface area (Å²) in [4.78, 5) is 0. The van der Waals surface area contributed by atoms with Crippen molar-refractivity contribution in [3.63, 3.8) is 0 Å². The molecular weight excluding hydrogens is 155 g/mol. The third-order valence-corrected chi connectivity index (χ3v) is 0. The fourth-order valence-corrected chi connectivity index (χ4v) is 0. The summed E-state index contributed by atoms with van der Waals surface area (Å²) in [6.07, 6.45) is 0. The molecule has 0 aromatic rings. The standard InChI is InChI=1S/C3H5.Sn.3H/c1-3-2;;;;/h1H2,2H3;;;;. The van der Waals surface area contributed by atoms with Gasteiger partial charge in [0.05, 0.1) is 0 Å². The molecule has 24 valence electrons. The van der Waals surface area contributed by atoms with Gasteiger partial charge < -0.3 is 0 Å². The zero-order valence-corrected chi connectivity index (χ0v) is 8.92. The molecule has 0 aromatic heterocycles. The molecule has 0 nitrogen and oxygen atoms in total. The number of rotatable bonds is 0. The zero-order chi connectivity index (χ0) is 3.58. The minimum absolute atomic E-state index is 0.736. The van der Waals surface area contributed by atoms with Gasteiger partial charge in [-0.3, -0.25) is 0 Å². The van der Waals surface area contributed by atoms with E-state index < -0.39 is 0 Å². The molecule has 0 spiro atoms. The summed E-state index contributed by atoms with van der Waals surface area (Å²) < 4.78 is 1.38. The molecule has 0 aliphatic rings. The van der Waals surface area contributed by atoms with E-state index in [1.165, 1.54) is 3.59 Å². The molecule has 0 heterocycles. The van der Waals surface area contributed by atoms with Gasteiger partial charge in [0, 0.05) is 0 Å². The molecular formula is C3H8Sn. The Balaban J connectivity index is 2.80. The molecule has 0 bridgehead atoms. The van der Waals surface area contributed by atoms with Crippen molar-refractivity contribution in [1.29, 1.82) is 0 Å². The van der Waals surface area contributed by atoms with E-state index in [9.17, 15) is 0 Å². The van der Waals surface area contributed by atoms with E-state index in [0.717, 1.165) is 22.5 Å². The summed E-state index contributed by atoms with van der Waals surface area (Å²) in [6, 6.07) is 0. The van der Waals surface area contributed by atoms with Crippen molar-refractivity contribution in [3.05, 3.63) is 10.2 Å². The fraction of sp³-hybridized carbons (Fsp3) is 0.333. The van der Waals surface area contributed by atoms with Gasteiger partial charge in [-0.15, -0.1) is 0 Å². The molecule has 0 unspecified atom stereocenters. The van der Waals surface area contributed by atoms with E-state index >= 15 is 0 Å². The summed E-state index contributed by atoms with van der Waals surface area (Å²) in [5.41, 5.74) is 0. The van der Waals surface area contributed by atoms with E-state index in [-0.39, 0.29) is 0 Å². The molecule has 0 radical (unpaired) electrons. The van der Waals surface area contributed by atoms with Crippen LogP contribution in [-0.4, -0.2) is 22.5 Å². The Labute approximate surface area is 40.0 Å². The molecule has 0 aromatic carbocycles. The molecule has 4 heavy (non-hydrogen) atoms. The van der Waals surface area contributed by atoms with Crippen molar-refractivity contribution < 1.29 is 0 Å². The fourth-order valence-electron chi connectivity index (χ4n) is 0. The molecule has 0 amide bonds. The summed E-state index contributed by atoms with van der Waals surface area (Å²) in [5, 5.41) is 0. The maximum absolute atomic E-state index is 3.65. The van der Waals surface area contributed by atoms with E-state index in [4.69, 9.17) is 0 Å². The van der Waals surface area contributed by atoms with Crippen molar-refractivity contribution in [1.82, 2.24) is 0 Å². The van der Waals surface area contributed by atoms with Gasteiger partial charge in [0.25, 0.3) is 0 Å². The van der Waals surface area contributed by atoms with Crippen molar-refractivity contribution in [2.45, 2.75) is 6.92 Å². The average Bonchev–Trinajstić information content (AvgIpc) is 0.811. The summed E-state index contributed by atoms with van der Waals surface area (Å²) >= 11 is 0.736. The minimum atomic E-state index is 0.736. The number of allylic oxidation sites excluding steroid dienone is 1. The molecule has 0 fully saturated rings. The Morgan fingerprint density at radius 2 is 2.00 bits per heavy atom. The Morgan fingerprint density at radius 3 is 2.00 bits per heavy atom. The first-order valence-electron chi connectivity index (χ1n) is 1.35. The van der Waals surface area contributed by atoms with E-state index in [1.807, 2.05) is 0 Å². The molecule has 0 saturated heterocycles. The van der Waals surface area contributed by atoms with E-state index in [0.29, 0.717) is 0 Å². The summed E-state index contributed by atoms with van der Waals surface area (Å²) in [6.45, 7) is 5.71. The van der Waals surface area contributed by atoms with Crippen molar-refractivity contribution in [2.75, 3.05) is 0 Å². The van der Waals surface area contributed by atoms with Gasteiger partial charge in [0.15, 0.2) is 0 Å². The SMILES string of the molecule is C=[C](C)[SnH3]. The number of hydrogen-bond donors (Lipinski definition) is 0. The van der Waals surface area contributed by atoms with Gasteiger partial charge in [-0.2, -0.15) is 0 Å². The molecule has 0 aliphatic heterocycles. The van der Waals surface area contributed by atoms with Gasteiger partial charge >= 0.3 is 39.6 Å². The van der Waals surface area contributed by atoms with Crippen LogP contribution in [0.3, 0.4) is 0 Å². The first kappa shape index (κ1) is 4.54.